The van der Waals surface area contributed by atoms with Gasteiger partial charge in [0.05, 0.1) is 18.8 Å². The summed E-state index contributed by atoms with van der Waals surface area (Å²) < 4.78 is 48.8. The van der Waals surface area contributed by atoms with Crippen LogP contribution in [0.4, 0.5) is 18.9 Å². The number of fused-ring (bicyclic) bond motifs is 3. The number of hydrogen-bond donors (Lipinski definition) is 2. The Morgan fingerprint density at radius 3 is 2.41 bits per heavy atom. The van der Waals surface area contributed by atoms with Gasteiger partial charge in [0, 0.05) is 41.6 Å². The van der Waals surface area contributed by atoms with Crippen LogP contribution in [0.1, 0.15) is 112 Å². The van der Waals surface area contributed by atoms with Gasteiger partial charge in [0.2, 0.25) is 11.7 Å². The molecule has 12 nitrogen and oxygen atoms in total. The van der Waals surface area contributed by atoms with Crippen molar-refractivity contribution in [1.82, 2.24) is 29.0 Å². The SMILES string of the molecule is CC.CC.CC(C)c1cc(C(F)(F)F)ccc1NC(=O)Cn1c2c(c(=O)n3nc(C4=CCOCC4)nc13)C1(CC2)CCN(C(=O)c2ncccc2O)CC1. The van der Waals surface area contributed by atoms with E-state index in [1.807, 2.05) is 33.8 Å². The Hall–Kier alpha value is -5.05. The number of likely N-dealkylation sites (tertiary alicyclic amines) is 1. The fourth-order valence-electron chi connectivity index (χ4n) is 7.42. The van der Waals surface area contributed by atoms with E-state index in [2.05, 4.69) is 15.4 Å². The molecule has 0 unspecified atom stereocenters. The first-order valence-corrected chi connectivity index (χ1v) is 18.6. The van der Waals surface area contributed by atoms with E-state index in [0.717, 1.165) is 17.7 Å². The van der Waals surface area contributed by atoms with E-state index in [1.54, 1.807) is 29.4 Å². The lowest BCUT2D eigenvalue weighted by atomic mass is 9.74. The van der Waals surface area contributed by atoms with Crippen LogP contribution in [0, 0.1) is 0 Å². The summed E-state index contributed by atoms with van der Waals surface area (Å²) in [7, 11) is 0. The molecule has 54 heavy (non-hydrogen) atoms. The third-order valence-electron chi connectivity index (χ3n) is 10.0. The van der Waals surface area contributed by atoms with Crippen molar-refractivity contribution in [1.29, 1.82) is 0 Å². The second-order valence-corrected chi connectivity index (χ2v) is 13.4. The van der Waals surface area contributed by atoms with E-state index in [0.29, 0.717) is 81.1 Å². The zero-order valence-corrected chi connectivity index (χ0v) is 31.6. The number of carbonyl (C=O) groups excluding carboxylic acids is 2. The van der Waals surface area contributed by atoms with Crippen LogP contribution in [0.3, 0.4) is 0 Å². The highest BCUT2D eigenvalue weighted by Crippen LogP contribution is 2.45. The molecule has 1 fully saturated rings. The first kappa shape index (κ1) is 40.1. The number of benzene rings is 1. The lowest BCUT2D eigenvalue weighted by Gasteiger charge is -2.39. The van der Waals surface area contributed by atoms with Gasteiger partial charge in [-0.15, -0.1) is 5.10 Å². The second-order valence-electron chi connectivity index (χ2n) is 13.4. The molecule has 2 N–H and O–H groups in total. The van der Waals surface area contributed by atoms with Crippen molar-refractivity contribution in [3.8, 4) is 5.75 Å². The van der Waals surface area contributed by atoms with Gasteiger partial charge in [-0.25, -0.2) is 4.98 Å². The van der Waals surface area contributed by atoms with Gasteiger partial charge in [0.15, 0.2) is 11.5 Å². The van der Waals surface area contributed by atoms with Gasteiger partial charge in [-0.1, -0.05) is 47.6 Å². The molecule has 0 radical (unpaired) electrons. The molecule has 5 heterocycles. The maximum Gasteiger partial charge on any atom is 0.416 e. The van der Waals surface area contributed by atoms with Gasteiger partial charge < -0.3 is 24.6 Å². The number of anilines is 1. The van der Waals surface area contributed by atoms with Gasteiger partial charge in [-0.2, -0.15) is 22.7 Å². The predicted octanol–water partition coefficient (Wildman–Crippen LogP) is 6.75. The summed E-state index contributed by atoms with van der Waals surface area (Å²) in [5.41, 5.74) is 0.862. The van der Waals surface area contributed by atoms with Gasteiger partial charge in [-0.3, -0.25) is 14.4 Å². The molecule has 3 aliphatic rings. The number of carbonyl (C=O) groups is 2. The van der Waals surface area contributed by atoms with Crippen LogP contribution < -0.4 is 10.9 Å². The molecular formula is C39H48F3N7O5. The topological polar surface area (TPSA) is 144 Å². The van der Waals surface area contributed by atoms with E-state index < -0.39 is 29.0 Å². The summed E-state index contributed by atoms with van der Waals surface area (Å²) in [6.07, 6.45) is 1.35. The minimum absolute atomic E-state index is 0.0309. The minimum Gasteiger partial charge on any atom is -0.505 e. The van der Waals surface area contributed by atoms with Crippen molar-refractivity contribution >= 4 is 28.9 Å². The lowest BCUT2D eigenvalue weighted by Crippen LogP contribution is -2.46. The number of nitrogens with zero attached hydrogens (tertiary/aromatic N) is 6. The van der Waals surface area contributed by atoms with Crippen molar-refractivity contribution in [2.45, 2.75) is 97.7 Å². The number of aromatic hydroxyl groups is 1. The van der Waals surface area contributed by atoms with Gasteiger partial charge >= 0.3 is 6.18 Å². The Kier molecular flexibility index (Phi) is 12.3. The number of halogens is 3. The molecule has 4 aromatic rings. The molecule has 15 heteroatoms. The van der Waals surface area contributed by atoms with E-state index in [1.165, 1.54) is 22.8 Å². The number of ether oxygens (including phenoxy) is 1. The zero-order chi connectivity index (χ0) is 39.4. The molecule has 0 atom stereocenters. The van der Waals surface area contributed by atoms with Crippen molar-refractivity contribution in [3.63, 3.8) is 0 Å². The normalized spacial score (nSPS) is 16.3. The molecule has 1 saturated heterocycles. The van der Waals surface area contributed by atoms with Crippen LogP contribution in [-0.4, -0.2) is 72.3 Å². The summed E-state index contributed by atoms with van der Waals surface area (Å²) in [4.78, 5) is 51.7. The Morgan fingerprint density at radius 1 is 1.06 bits per heavy atom. The molecule has 290 valence electrons. The van der Waals surface area contributed by atoms with E-state index in [4.69, 9.17) is 9.72 Å². The quantitative estimate of drug-likeness (QED) is 0.220. The molecule has 7 rings (SSSR count). The maximum atomic E-state index is 14.3. The van der Waals surface area contributed by atoms with Gasteiger partial charge in [0.1, 0.15) is 12.3 Å². The van der Waals surface area contributed by atoms with E-state index in [9.17, 15) is 32.7 Å². The summed E-state index contributed by atoms with van der Waals surface area (Å²) in [5, 5.41) is 17.6. The number of amides is 2. The highest BCUT2D eigenvalue weighted by atomic mass is 19.4. The van der Waals surface area contributed by atoms with Crippen molar-refractivity contribution in [3.05, 3.63) is 86.9 Å². The standard InChI is InChI=1S/C35H36F3N7O5.2C2H6/c1-20(2)23-18-22(35(36,37)38)5-6-24(23)40-27(47)19-44-25-7-10-34(11-14-43(15-12-34)32(49)29-26(46)4-3-13-39-29)28(25)31(48)45-33(44)41-30(42-45)21-8-16-50-17-9-21;2*1-2/h3-6,8,13,18,20,46H,7,9-12,14-17,19H2,1-2H3,(H,40,47);2*1-2H3. The first-order chi connectivity index (χ1) is 25.9. The summed E-state index contributed by atoms with van der Waals surface area (Å²) >= 11 is 0. The van der Waals surface area contributed by atoms with Crippen molar-refractivity contribution in [2.24, 2.45) is 0 Å². The van der Waals surface area contributed by atoms with Crippen molar-refractivity contribution in [2.75, 3.05) is 31.6 Å². The van der Waals surface area contributed by atoms with E-state index in [-0.39, 0.29) is 40.9 Å². The molecule has 2 amide bonds. The highest BCUT2D eigenvalue weighted by Gasteiger charge is 2.46. The van der Waals surface area contributed by atoms with Crippen LogP contribution >= 0.6 is 0 Å². The monoisotopic (exact) mass is 751 g/mol. The molecule has 1 aliphatic carbocycles. The molecule has 1 aromatic carbocycles. The number of nitrogens with one attached hydrogen (secondary N) is 1. The predicted molar refractivity (Wildman–Crippen MR) is 199 cm³/mol. The fraction of sp³-hybridized carbons (Fsp3) is 0.487. The van der Waals surface area contributed by atoms with Crippen LogP contribution in [-0.2, 0) is 34.1 Å². The molecule has 3 aromatic heterocycles. The molecule has 0 saturated carbocycles. The van der Waals surface area contributed by atoms with Crippen molar-refractivity contribution < 1.29 is 32.6 Å². The lowest BCUT2D eigenvalue weighted by molar-refractivity contribution is -0.137. The number of pyridine rings is 1. The van der Waals surface area contributed by atoms with Crippen LogP contribution in [0.25, 0.3) is 11.4 Å². The Bertz CT molecular complexity index is 2100. The third kappa shape index (κ3) is 7.77. The van der Waals surface area contributed by atoms with Crippen LogP contribution in [0.2, 0.25) is 0 Å². The number of hydrogen-bond acceptors (Lipinski definition) is 8. The highest BCUT2D eigenvalue weighted by molar-refractivity contribution is 5.95. The molecule has 0 bridgehead atoms. The smallest absolute Gasteiger partial charge is 0.416 e. The average Bonchev–Trinajstić information content (AvgIpc) is 3.79. The Balaban J connectivity index is 0.00000136. The van der Waals surface area contributed by atoms with E-state index >= 15 is 0 Å². The number of alkyl halides is 3. The second kappa shape index (κ2) is 16.5. The van der Waals surface area contributed by atoms with Gasteiger partial charge in [-0.05, 0) is 79.5 Å². The van der Waals surface area contributed by atoms with Crippen LogP contribution in [0.15, 0.2) is 47.4 Å². The number of rotatable bonds is 6. The molecular weight excluding hydrogens is 703 g/mol. The zero-order valence-electron chi connectivity index (χ0n) is 31.6. The fourth-order valence-corrected chi connectivity index (χ4v) is 7.42. The Morgan fingerprint density at radius 2 is 1.78 bits per heavy atom. The van der Waals surface area contributed by atoms with Crippen LogP contribution in [0.5, 0.6) is 5.75 Å². The minimum atomic E-state index is -4.53. The summed E-state index contributed by atoms with van der Waals surface area (Å²) in [6.45, 7) is 12.8. The first-order valence-electron chi connectivity index (χ1n) is 18.6. The average molecular weight is 752 g/mol. The van der Waals surface area contributed by atoms with Gasteiger partial charge in [0.25, 0.3) is 11.5 Å². The largest absolute Gasteiger partial charge is 0.505 e. The third-order valence-corrected chi connectivity index (χ3v) is 10.0. The maximum absolute atomic E-state index is 14.3. The molecule has 2 aliphatic heterocycles. The Labute approximate surface area is 312 Å². The number of piperidine rings is 1. The summed E-state index contributed by atoms with van der Waals surface area (Å²) in [6, 6.07) is 6.22. The molecule has 1 spiro atoms. The number of aromatic nitrogens is 5. The summed E-state index contributed by atoms with van der Waals surface area (Å²) in [5.74, 6) is -0.843.